The number of benzene rings is 2. The Kier molecular flexibility index (Phi) is 7.91. The van der Waals surface area contributed by atoms with Gasteiger partial charge in [-0.05, 0) is 55.0 Å². The molecule has 3 aromatic rings. The fourth-order valence-corrected chi connectivity index (χ4v) is 4.59. The van der Waals surface area contributed by atoms with Gasteiger partial charge in [-0.25, -0.2) is 0 Å². The summed E-state index contributed by atoms with van der Waals surface area (Å²) < 4.78 is 0. The van der Waals surface area contributed by atoms with Crippen molar-refractivity contribution in [3.8, 4) is 0 Å². The van der Waals surface area contributed by atoms with E-state index < -0.39 is 0 Å². The Labute approximate surface area is 182 Å². The summed E-state index contributed by atoms with van der Waals surface area (Å²) in [6, 6.07) is 18.0. The highest BCUT2D eigenvalue weighted by Gasteiger charge is 2.18. The monoisotopic (exact) mass is 425 g/mol. The number of nitrogen functional groups attached to an aromatic ring is 1. The zero-order valence-corrected chi connectivity index (χ0v) is 18.5. The van der Waals surface area contributed by atoms with Crippen LogP contribution in [0.1, 0.15) is 64.5 Å². The molecule has 0 aliphatic rings. The molecule has 0 aliphatic heterocycles. The number of hydrogen-bond acceptors (Lipinski definition) is 3. The predicted molar refractivity (Wildman–Crippen MR) is 125 cm³/mol. The molecule has 1 aromatic heterocycles. The number of unbranched alkanes of at least 4 members (excludes halogenated alkanes) is 3. The van der Waals surface area contributed by atoms with Crippen LogP contribution in [0, 0.1) is 0 Å². The van der Waals surface area contributed by atoms with E-state index in [2.05, 4.69) is 31.2 Å². The van der Waals surface area contributed by atoms with Gasteiger partial charge in [-0.2, -0.15) is 0 Å². The third-order valence-corrected chi connectivity index (χ3v) is 6.53. The van der Waals surface area contributed by atoms with Gasteiger partial charge in [0.15, 0.2) is 5.78 Å². The van der Waals surface area contributed by atoms with Crippen LogP contribution < -0.4 is 5.73 Å². The van der Waals surface area contributed by atoms with Gasteiger partial charge in [0.2, 0.25) is 0 Å². The van der Waals surface area contributed by atoms with Gasteiger partial charge < -0.3 is 5.73 Å². The molecule has 0 spiro atoms. The number of thiophene rings is 1. The third-order valence-electron chi connectivity index (χ3n) is 5.18. The quantitative estimate of drug-likeness (QED) is 0.277. The smallest absolute Gasteiger partial charge is 0.197 e. The summed E-state index contributed by atoms with van der Waals surface area (Å²) in [5.41, 5.74) is 9.92. The van der Waals surface area contributed by atoms with Gasteiger partial charge in [-0.15, -0.1) is 11.3 Å². The summed E-state index contributed by atoms with van der Waals surface area (Å²) in [7, 11) is 0. The van der Waals surface area contributed by atoms with E-state index in [4.69, 9.17) is 17.3 Å². The van der Waals surface area contributed by atoms with E-state index in [-0.39, 0.29) is 5.78 Å². The lowest BCUT2D eigenvalue weighted by Crippen LogP contribution is -2.03. The summed E-state index contributed by atoms with van der Waals surface area (Å²) >= 11 is 7.67. The minimum absolute atomic E-state index is 0.108. The summed E-state index contributed by atoms with van der Waals surface area (Å²) in [5, 5.41) is 1.02. The molecule has 0 bridgehead atoms. The Hall–Kier alpha value is -2.10. The van der Waals surface area contributed by atoms with E-state index in [1.165, 1.54) is 48.1 Å². The normalized spacial score (nSPS) is 11.0. The average Bonchev–Trinajstić information content (AvgIpc) is 3.11. The SMILES string of the molecule is CCCCCCc1ccc(CCc2cc(C(=O)c3ccccc3Cl)c(N)s2)cc1. The van der Waals surface area contributed by atoms with Crippen molar-refractivity contribution in [2.24, 2.45) is 0 Å². The van der Waals surface area contributed by atoms with Crippen LogP contribution in [0.3, 0.4) is 0 Å². The molecular formula is C25H28ClNOS. The number of aryl methyl sites for hydroxylation is 3. The topological polar surface area (TPSA) is 43.1 Å². The maximum Gasteiger partial charge on any atom is 0.197 e. The molecule has 152 valence electrons. The maximum absolute atomic E-state index is 12.8. The number of carbonyl (C=O) groups excluding carboxylic acids is 1. The first-order valence-corrected chi connectivity index (χ1v) is 11.5. The van der Waals surface area contributed by atoms with Crippen molar-refractivity contribution in [2.75, 3.05) is 5.73 Å². The van der Waals surface area contributed by atoms with Gasteiger partial charge in [0.05, 0.1) is 15.6 Å². The number of hydrogen-bond donors (Lipinski definition) is 1. The van der Waals surface area contributed by atoms with Crippen molar-refractivity contribution >= 4 is 33.7 Å². The number of anilines is 1. The zero-order valence-electron chi connectivity index (χ0n) is 16.9. The van der Waals surface area contributed by atoms with Crippen LogP contribution in [0.25, 0.3) is 0 Å². The van der Waals surface area contributed by atoms with Gasteiger partial charge >= 0.3 is 0 Å². The lowest BCUT2D eigenvalue weighted by Gasteiger charge is -2.04. The zero-order chi connectivity index (χ0) is 20.6. The van der Waals surface area contributed by atoms with Gasteiger partial charge in [0.25, 0.3) is 0 Å². The number of nitrogens with two attached hydrogens (primary N) is 1. The average molecular weight is 426 g/mol. The van der Waals surface area contributed by atoms with Crippen LogP contribution >= 0.6 is 22.9 Å². The minimum atomic E-state index is -0.108. The molecule has 0 radical (unpaired) electrons. The lowest BCUT2D eigenvalue weighted by atomic mass is 10.0. The van der Waals surface area contributed by atoms with Crippen LogP contribution in [-0.4, -0.2) is 5.78 Å². The van der Waals surface area contributed by atoms with E-state index in [1.807, 2.05) is 18.2 Å². The number of ketones is 1. The molecule has 0 saturated carbocycles. The van der Waals surface area contributed by atoms with Crippen molar-refractivity contribution in [3.63, 3.8) is 0 Å². The van der Waals surface area contributed by atoms with Crippen molar-refractivity contribution in [2.45, 2.75) is 51.9 Å². The summed E-state index contributed by atoms with van der Waals surface area (Å²) in [5.74, 6) is -0.108. The summed E-state index contributed by atoms with van der Waals surface area (Å²) in [4.78, 5) is 13.9. The summed E-state index contributed by atoms with van der Waals surface area (Å²) in [6.45, 7) is 2.24. The molecule has 0 amide bonds. The maximum atomic E-state index is 12.8. The van der Waals surface area contributed by atoms with Crippen LogP contribution in [-0.2, 0) is 19.3 Å². The molecule has 3 rings (SSSR count). The molecule has 0 aliphatic carbocycles. The Morgan fingerprint density at radius 2 is 1.59 bits per heavy atom. The molecule has 0 unspecified atom stereocenters. The Morgan fingerprint density at radius 3 is 2.28 bits per heavy atom. The van der Waals surface area contributed by atoms with Gasteiger partial charge in [0, 0.05) is 10.4 Å². The van der Waals surface area contributed by atoms with Crippen molar-refractivity contribution in [3.05, 3.63) is 86.8 Å². The largest absolute Gasteiger partial charge is 0.390 e. The number of halogens is 1. The Morgan fingerprint density at radius 1 is 0.897 bits per heavy atom. The van der Waals surface area contributed by atoms with Crippen molar-refractivity contribution < 1.29 is 4.79 Å². The van der Waals surface area contributed by atoms with Crippen LogP contribution in [0.15, 0.2) is 54.6 Å². The minimum Gasteiger partial charge on any atom is -0.390 e. The molecule has 0 fully saturated rings. The molecule has 2 N–H and O–H groups in total. The second-order valence-electron chi connectivity index (χ2n) is 7.43. The fourth-order valence-electron chi connectivity index (χ4n) is 3.44. The van der Waals surface area contributed by atoms with E-state index >= 15 is 0 Å². The van der Waals surface area contributed by atoms with Crippen LogP contribution in [0.2, 0.25) is 5.02 Å². The van der Waals surface area contributed by atoms with Crippen molar-refractivity contribution in [1.82, 2.24) is 0 Å². The van der Waals surface area contributed by atoms with E-state index in [9.17, 15) is 4.79 Å². The molecule has 29 heavy (non-hydrogen) atoms. The standard InChI is InChI=1S/C25H28ClNOS/c1-2-3-4-5-8-18-11-13-19(14-12-18)15-16-20-17-22(25(27)29-20)24(28)21-9-6-7-10-23(21)26/h6-7,9-14,17H,2-5,8,15-16,27H2,1H3. The molecule has 2 aromatic carbocycles. The first-order valence-electron chi connectivity index (χ1n) is 10.3. The Balaban J connectivity index is 1.58. The highest BCUT2D eigenvalue weighted by atomic mass is 35.5. The molecule has 4 heteroatoms. The van der Waals surface area contributed by atoms with Gasteiger partial charge in [-0.1, -0.05) is 74.2 Å². The predicted octanol–water partition coefficient (Wildman–Crippen LogP) is 7.12. The van der Waals surface area contributed by atoms with Gasteiger partial charge in [-0.3, -0.25) is 4.79 Å². The van der Waals surface area contributed by atoms with E-state index in [1.54, 1.807) is 12.1 Å². The molecule has 2 nitrogen and oxygen atoms in total. The Bertz CT molecular complexity index is 946. The van der Waals surface area contributed by atoms with E-state index in [0.717, 1.165) is 24.1 Å². The number of rotatable bonds is 10. The van der Waals surface area contributed by atoms with Crippen LogP contribution in [0.4, 0.5) is 5.00 Å². The third kappa shape index (κ3) is 5.94. The fraction of sp³-hybridized carbons (Fsp3) is 0.320. The van der Waals surface area contributed by atoms with Gasteiger partial charge in [0.1, 0.15) is 0 Å². The van der Waals surface area contributed by atoms with E-state index in [0.29, 0.717) is 21.2 Å². The lowest BCUT2D eigenvalue weighted by molar-refractivity contribution is 0.104. The molecule has 1 heterocycles. The second-order valence-corrected chi connectivity index (χ2v) is 9.00. The highest BCUT2D eigenvalue weighted by molar-refractivity contribution is 7.16. The highest BCUT2D eigenvalue weighted by Crippen LogP contribution is 2.30. The summed E-state index contributed by atoms with van der Waals surface area (Å²) in [6.07, 6.45) is 8.16. The van der Waals surface area contributed by atoms with Crippen LogP contribution in [0.5, 0.6) is 0 Å². The van der Waals surface area contributed by atoms with Crippen molar-refractivity contribution in [1.29, 1.82) is 0 Å². The second kappa shape index (κ2) is 10.6. The first kappa shape index (κ1) is 21.6. The molecule has 0 saturated heterocycles. The molecule has 0 atom stereocenters. The number of carbonyl (C=O) groups is 1. The molecular weight excluding hydrogens is 398 g/mol. The first-order chi connectivity index (χ1) is 14.1.